The number of rotatable bonds is 1. The number of benzene rings is 1. The maximum atomic E-state index is 2.43. The Morgan fingerprint density at radius 2 is 1.50 bits per heavy atom. The number of fused-ring (bicyclic) bond motifs is 1. The molecule has 0 nitrogen and oxygen atoms in total. The summed E-state index contributed by atoms with van der Waals surface area (Å²) in [6.07, 6.45) is 0. The van der Waals surface area contributed by atoms with Gasteiger partial charge in [0.15, 0.2) is 0 Å². The zero-order valence-corrected chi connectivity index (χ0v) is 13.6. The Morgan fingerprint density at radius 3 is 1.86 bits per heavy atom. The molecule has 78 valence electrons. The fourth-order valence-electron chi connectivity index (χ4n) is 1.90. The normalized spacial score (nSPS) is 15.1. The SMILES string of the molecule is CC[Te+]1Cc2cc(C)c(C)cc2C1.[I-]. The topological polar surface area (TPSA) is 0 Å². The third-order valence-electron chi connectivity index (χ3n) is 2.94. The molecule has 0 spiro atoms. The van der Waals surface area contributed by atoms with Crippen molar-refractivity contribution < 1.29 is 24.0 Å². The van der Waals surface area contributed by atoms with E-state index in [1.807, 2.05) is 0 Å². The van der Waals surface area contributed by atoms with Crippen LogP contribution in [0.25, 0.3) is 0 Å². The zero-order valence-electron chi connectivity index (χ0n) is 9.06. The van der Waals surface area contributed by atoms with Crippen LogP contribution in [-0.4, -0.2) is 19.6 Å². The van der Waals surface area contributed by atoms with E-state index >= 15 is 0 Å². The van der Waals surface area contributed by atoms with Crippen molar-refractivity contribution >= 4 is 19.6 Å². The third kappa shape index (κ3) is 2.46. The average molecular weight is 416 g/mol. The predicted molar refractivity (Wildman–Crippen MR) is 59.6 cm³/mol. The van der Waals surface area contributed by atoms with Crippen LogP contribution in [0.2, 0.25) is 4.47 Å². The van der Waals surface area contributed by atoms with Crippen LogP contribution in [0.5, 0.6) is 0 Å². The molecular weight excluding hydrogens is 399 g/mol. The Morgan fingerprint density at radius 1 is 1.07 bits per heavy atom. The Labute approximate surface area is 111 Å². The molecule has 1 aliphatic heterocycles. The van der Waals surface area contributed by atoms with E-state index in [1.54, 1.807) is 11.1 Å². The summed E-state index contributed by atoms with van der Waals surface area (Å²) in [7, 11) is 0. The van der Waals surface area contributed by atoms with Gasteiger partial charge >= 0.3 is 88.1 Å². The third-order valence-corrected chi connectivity index (χ3v) is 9.38. The van der Waals surface area contributed by atoms with Crippen molar-refractivity contribution in [2.75, 3.05) is 0 Å². The van der Waals surface area contributed by atoms with Gasteiger partial charge in [-0.05, 0) is 0 Å². The van der Waals surface area contributed by atoms with Crippen LogP contribution in [0, 0.1) is 13.8 Å². The second kappa shape index (κ2) is 5.18. The molecule has 0 aliphatic carbocycles. The number of halogens is 1. The van der Waals surface area contributed by atoms with Crippen molar-refractivity contribution in [3.8, 4) is 0 Å². The molecule has 0 N–H and O–H groups in total. The first kappa shape index (κ1) is 12.8. The molecule has 0 unspecified atom stereocenters. The van der Waals surface area contributed by atoms with Crippen LogP contribution in [0.1, 0.15) is 29.2 Å². The van der Waals surface area contributed by atoms with Crippen LogP contribution in [0.3, 0.4) is 0 Å². The second-order valence-corrected chi connectivity index (χ2v) is 10.7. The van der Waals surface area contributed by atoms with Crippen molar-refractivity contribution in [2.45, 2.75) is 34.2 Å². The van der Waals surface area contributed by atoms with Gasteiger partial charge < -0.3 is 24.0 Å². The van der Waals surface area contributed by atoms with Gasteiger partial charge in [-0.25, -0.2) is 0 Å². The summed E-state index contributed by atoms with van der Waals surface area (Å²) in [4.78, 5) is 0. The van der Waals surface area contributed by atoms with Crippen LogP contribution in [0.4, 0.5) is 0 Å². The van der Waals surface area contributed by atoms with Gasteiger partial charge in [-0.2, -0.15) is 0 Å². The maximum absolute atomic E-state index is 2.43. The van der Waals surface area contributed by atoms with Crippen LogP contribution in [0.15, 0.2) is 12.1 Å². The van der Waals surface area contributed by atoms with Crippen molar-refractivity contribution in [1.29, 1.82) is 0 Å². The Bertz CT molecular complexity index is 302. The van der Waals surface area contributed by atoms with Crippen LogP contribution < -0.4 is 24.0 Å². The van der Waals surface area contributed by atoms with Crippen LogP contribution >= 0.6 is 0 Å². The summed E-state index contributed by atoms with van der Waals surface area (Å²) >= 11 is -0.681. The summed E-state index contributed by atoms with van der Waals surface area (Å²) in [5, 5.41) is 0. The van der Waals surface area contributed by atoms with E-state index in [-0.39, 0.29) is 24.0 Å². The van der Waals surface area contributed by atoms with Gasteiger partial charge in [0.2, 0.25) is 0 Å². The molecule has 14 heavy (non-hydrogen) atoms. The van der Waals surface area contributed by atoms with Crippen molar-refractivity contribution in [2.24, 2.45) is 0 Å². The molecule has 2 heteroatoms. The van der Waals surface area contributed by atoms with E-state index in [0.717, 1.165) is 0 Å². The van der Waals surface area contributed by atoms with Gasteiger partial charge in [-0.3, -0.25) is 0 Å². The summed E-state index contributed by atoms with van der Waals surface area (Å²) in [6, 6.07) is 4.86. The zero-order chi connectivity index (χ0) is 9.42. The molecule has 0 fully saturated rings. The van der Waals surface area contributed by atoms with Crippen LogP contribution in [-0.2, 0) is 8.94 Å². The molecule has 0 amide bonds. The van der Waals surface area contributed by atoms with E-state index in [4.69, 9.17) is 0 Å². The maximum Gasteiger partial charge on any atom is -1.00 e. The van der Waals surface area contributed by atoms with Gasteiger partial charge in [-0.1, -0.05) is 0 Å². The molecule has 0 radical (unpaired) electrons. The van der Waals surface area contributed by atoms with E-state index in [1.165, 1.54) is 24.5 Å². The molecule has 0 saturated carbocycles. The van der Waals surface area contributed by atoms with E-state index < -0.39 is 19.6 Å². The fraction of sp³-hybridized carbons (Fsp3) is 0.500. The van der Waals surface area contributed by atoms with Gasteiger partial charge in [0, 0.05) is 0 Å². The summed E-state index contributed by atoms with van der Waals surface area (Å²) in [5.74, 6) is 0. The van der Waals surface area contributed by atoms with Gasteiger partial charge in [0.25, 0.3) is 0 Å². The molecule has 0 atom stereocenters. The van der Waals surface area contributed by atoms with Crippen molar-refractivity contribution in [3.05, 3.63) is 34.4 Å². The van der Waals surface area contributed by atoms with Crippen molar-refractivity contribution in [3.63, 3.8) is 0 Å². The summed E-state index contributed by atoms with van der Waals surface area (Å²) in [5.41, 5.74) is 6.33. The molecule has 1 aromatic carbocycles. The Balaban J connectivity index is 0.000000980. The average Bonchev–Trinajstić information content (AvgIpc) is 2.48. The summed E-state index contributed by atoms with van der Waals surface area (Å²) in [6.45, 7) is 6.85. The molecule has 0 bridgehead atoms. The number of aryl methyl sites for hydroxylation is 2. The molecule has 1 heterocycles. The minimum atomic E-state index is -0.681. The Kier molecular flexibility index (Phi) is 4.74. The summed E-state index contributed by atoms with van der Waals surface area (Å²) < 4.78 is 4.46. The first-order chi connectivity index (χ1) is 6.20. The fourth-order valence-corrected chi connectivity index (χ4v) is 7.40. The molecule has 2 rings (SSSR count). The molecule has 1 aliphatic rings. The van der Waals surface area contributed by atoms with E-state index in [0.29, 0.717) is 0 Å². The quantitative estimate of drug-likeness (QED) is 0.447. The minimum Gasteiger partial charge on any atom is -1.00 e. The van der Waals surface area contributed by atoms with Gasteiger partial charge in [0.05, 0.1) is 0 Å². The largest absolute Gasteiger partial charge is 1.00 e. The molecule has 0 aromatic heterocycles. The first-order valence-corrected chi connectivity index (χ1v) is 9.88. The second-order valence-electron chi connectivity index (χ2n) is 3.89. The number of hydrogen-bond donors (Lipinski definition) is 0. The standard InChI is InChI=1S/C12H17Te.HI/c1-4-13-7-11-5-9(2)10(3)6-12(11)8-13;/h5-6H,4,7-8H2,1-3H3;1H/q+1;/p-1. The molecular formula is C12H17ITe. The predicted octanol–water partition coefficient (Wildman–Crippen LogP) is -0.000860. The van der Waals surface area contributed by atoms with E-state index in [9.17, 15) is 0 Å². The van der Waals surface area contributed by atoms with Crippen molar-refractivity contribution in [1.82, 2.24) is 0 Å². The molecule has 0 saturated heterocycles. The smallest absolute Gasteiger partial charge is 1.00 e. The molecule has 1 aromatic rings. The van der Waals surface area contributed by atoms with Gasteiger partial charge in [0.1, 0.15) is 0 Å². The Hall–Kier alpha value is 0.740. The van der Waals surface area contributed by atoms with Gasteiger partial charge in [-0.15, -0.1) is 0 Å². The first-order valence-electron chi connectivity index (χ1n) is 4.93. The van der Waals surface area contributed by atoms with E-state index in [2.05, 4.69) is 32.9 Å². The monoisotopic (exact) mass is 418 g/mol. The minimum absolute atomic E-state index is 0. The number of hydrogen-bond acceptors (Lipinski definition) is 0.